The van der Waals surface area contributed by atoms with Crippen molar-refractivity contribution >= 4 is 44.8 Å². The van der Waals surface area contributed by atoms with E-state index in [-0.39, 0.29) is 10.7 Å². The number of sulfonamides is 1. The molecular formula is C23H22Cl2N2O3S. The first kappa shape index (κ1) is 23.1. The maximum absolute atomic E-state index is 13.0. The second-order valence-corrected chi connectivity index (χ2v) is 9.94. The number of amides is 1. The standard InChI is InChI=1S/C23H22Cl2N2O3S/c1-16-8-10-18(11-9-16)23(17-6-4-3-5-7-17)26-22(28)15-27(31(2,29)30)21-14-19(24)12-13-20(21)25/h3-14,23H,15H2,1-2H3,(H,26,28). The normalized spacial score (nSPS) is 12.3. The summed E-state index contributed by atoms with van der Waals surface area (Å²) in [4.78, 5) is 13.0. The maximum atomic E-state index is 13.0. The zero-order valence-corrected chi connectivity index (χ0v) is 19.4. The third-order valence-electron chi connectivity index (χ3n) is 4.71. The fourth-order valence-electron chi connectivity index (χ4n) is 3.16. The van der Waals surface area contributed by atoms with Crippen molar-refractivity contribution in [3.8, 4) is 0 Å². The first-order valence-electron chi connectivity index (χ1n) is 9.49. The molecule has 8 heteroatoms. The van der Waals surface area contributed by atoms with Crippen LogP contribution >= 0.6 is 23.2 Å². The summed E-state index contributed by atoms with van der Waals surface area (Å²) in [5, 5.41) is 3.45. The van der Waals surface area contributed by atoms with Crippen molar-refractivity contribution in [1.29, 1.82) is 0 Å². The lowest BCUT2D eigenvalue weighted by atomic mass is 9.98. The lowest BCUT2D eigenvalue weighted by Gasteiger charge is -2.25. The molecule has 162 valence electrons. The zero-order chi connectivity index (χ0) is 22.6. The van der Waals surface area contributed by atoms with E-state index in [1.54, 1.807) is 6.07 Å². The van der Waals surface area contributed by atoms with Crippen molar-refractivity contribution in [2.24, 2.45) is 0 Å². The number of hydrogen-bond acceptors (Lipinski definition) is 3. The second-order valence-electron chi connectivity index (χ2n) is 7.19. The molecule has 0 aliphatic heterocycles. The molecule has 0 aliphatic rings. The van der Waals surface area contributed by atoms with Crippen LogP contribution in [0.25, 0.3) is 0 Å². The number of anilines is 1. The molecule has 3 rings (SSSR count). The van der Waals surface area contributed by atoms with Gasteiger partial charge in [-0.05, 0) is 36.2 Å². The van der Waals surface area contributed by atoms with Crippen LogP contribution in [0, 0.1) is 6.92 Å². The first-order chi connectivity index (χ1) is 14.6. The molecule has 0 bridgehead atoms. The number of hydrogen-bond donors (Lipinski definition) is 1. The van der Waals surface area contributed by atoms with Gasteiger partial charge < -0.3 is 5.32 Å². The number of aryl methyl sites for hydroxylation is 1. The van der Waals surface area contributed by atoms with Crippen LogP contribution in [0.15, 0.2) is 72.8 Å². The summed E-state index contributed by atoms with van der Waals surface area (Å²) in [6, 6.07) is 21.3. The molecular weight excluding hydrogens is 455 g/mol. The number of halogens is 2. The summed E-state index contributed by atoms with van der Waals surface area (Å²) in [6.07, 6.45) is 1.02. The molecule has 0 heterocycles. The Morgan fingerprint density at radius 2 is 1.58 bits per heavy atom. The summed E-state index contributed by atoms with van der Waals surface area (Å²) in [6.45, 7) is 1.55. The van der Waals surface area contributed by atoms with Crippen LogP contribution in [0.4, 0.5) is 5.69 Å². The van der Waals surface area contributed by atoms with E-state index in [1.165, 1.54) is 12.1 Å². The van der Waals surface area contributed by atoms with Crippen molar-refractivity contribution in [3.63, 3.8) is 0 Å². The molecule has 0 aromatic heterocycles. The molecule has 1 N–H and O–H groups in total. The van der Waals surface area contributed by atoms with E-state index in [4.69, 9.17) is 23.2 Å². The smallest absolute Gasteiger partial charge is 0.241 e. The van der Waals surface area contributed by atoms with Gasteiger partial charge in [0.2, 0.25) is 15.9 Å². The SMILES string of the molecule is Cc1ccc(C(NC(=O)CN(c2cc(Cl)ccc2Cl)S(C)(=O)=O)c2ccccc2)cc1. The van der Waals surface area contributed by atoms with Gasteiger partial charge in [-0.25, -0.2) is 8.42 Å². The number of carbonyl (C=O) groups excluding carboxylic acids is 1. The van der Waals surface area contributed by atoms with E-state index in [2.05, 4.69) is 5.32 Å². The van der Waals surface area contributed by atoms with Crippen molar-refractivity contribution in [1.82, 2.24) is 5.32 Å². The van der Waals surface area contributed by atoms with Crippen molar-refractivity contribution in [2.75, 3.05) is 17.1 Å². The third-order valence-corrected chi connectivity index (χ3v) is 6.39. The van der Waals surface area contributed by atoms with E-state index in [0.29, 0.717) is 5.02 Å². The third kappa shape index (κ3) is 6.00. The lowest BCUT2D eigenvalue weighted by molar-refractivity contribution is -0.120. The highest BCUT2D eigenvalue weighted by molar-refractivity contribution is 7.92. The van der Waals surface area contributed by atoms with Crippen LogP contribution < -0.4 is 9.62 Å². The average molecular weight is 477 g/mol. The summed E-state index contributed by atoms with van der Waals surface area (Å²) in [5.74, 6) is -0.476. The molecule has 1 atom stereocenters. The monoisotopic (exact) mass is 476 g/mol. The highest BCUT2D eigenvalue weighted by Crippen LogP contribution is 2.31. The molecule has 3 aromatic carbocycles. The fourth-order valence-corrected chi connectivity index (χ4v) is 4.45. The van der Waals surface area contributed by atoms with Gasteiger partial charge in [-0.2, -0.15) is 0 Å². The minimum absolute atomic E-state index is 0.151. The Bertz CT molecular complexity index is 1170. The highest BCUT2D eigenvalue weighted by Gasteiger charge is 2.25. The summed E-state index contributed by atoms with van der Waals surface area (Å²) >= 11 is 12.2. The Labute approximate surface area is 192 Å². The largest absolute Gasteiger partial charge is 0.344 e. The fraction of sp³-hybridized carbons (Fsp3) is 0.174. The molecule has 0 saturated carbocycles. The van der Waals surface area contributed by atoms with E-state index >= 15 is 0 Å². The Morgan fingerprint density at radius 1 is 0.968 bits per heavy atom. The molecule has 1 amide bonds. The number of benzene rings is 3. The minimum atomic E-state index is -3.79. The predicted octanol–water partition coefficient (Wildman–Crippen LogP) is 4.97. The number of carbonyl (C=O) groups is 1. The highest BCUT2D eigenvalue weighted by atomic mass is 35.5. The van der Waals surface area contributed by atoms with E-state index in [1.807, 2.05) is 61.5 Å². The van der Waals surface area contributed by atoms with Gasteiger partial charge in [0.15, 0.2) is 0 Å². The molecule has 0 fully saturated rings. The summed E-state index contributed by atoms with van der Waals surface area (Å²) < 4.78 is 25.8. The van der Waals surface area contributed by atoms with Gasteiger partial charge in [0.25, 0.3) is 0 Å². The summed E-state index contributed by atoms with van der Waals surface area (Å²) in [5.41, 5.74) is 3.02. The zero-order valence-electron chi connectivity index (χ0n) is 17.0. The topological polar surface area (TPSA) is 66.5 Å². The molecule has 0 spiro atoms. The van der Waals surface area contributed by atoms with Crippen molar-refractivity contribution in [3.05, 3.63) is 99.5 Å². The van der Waals surface area contributed by atoms with Gasteiger partial charge in [-0.15, -0.1) is 0 Å². The van der Waals surface area contributed by atoms with Gasteiger partial charge in [-0.1, -0.05) is 83.4 Å². The molecule has 0 saturated heterocycles. The van der Waals surface area contributed by atoms with E-state index < -0.39 is 28.5 Å². The molecule has 5 nitrogen and oxygen atoms in total. The van der Waals surface area contributed by atoms with Gasteiger partial charge >= 0.3 is 0 Å². The Morgan fingerprint density at radius 3 is 2.19 bits per heavy atom. The molecule has 31 heavy (non-hydrogen) atoms. The molecule has 0 radical (unpaired) electrons. The van der Waals surface area contributed by atoms with Crippen LogP contribution in [0.5, 0.6) is 0 Å². The molecule has 0 aliphatic carbocycles. The van der Waals surface area contributed by atoms with Crippen LogP contribution in [-0.4, -0.2) is 27.1 Å². The Balaban J connectivity index is 1.91. The number of nitrogens with zero attached hydrogens (tertiary/aromatic N) is 1. The van der Waals surface area contributed by atoms with Crippen molar-refractivity contribution in [2.45, 2.75) is 13.0 Å². The minimum Gasteiger partial charge on any atom is -0.344 e. The van der Waals surface area contributed by atoms with Gasteiger partial charge in [0.1, 0.15) is 6.54 Å². The molecule has 1 unspecified atom stereocenters. The van der Waals surface area contributed by atoms with Crippen LogP contribution in [0.1, 0.15) is 22.7 Å². The van der Waals surface area contributed by atoms with Crippen molar-refractivity contribution < 1.29 is 13.2 Å². The van der Waals surface area contributed by atoms with Crippen LogP contribution in [0.2, 0.25) is 10.0 Å². The van der Waals surface area contributed by atoms with Gasteiger partial charge in [0.05, 0.1) is 23.0 Å². The first-order valence-corrected chi connectivity index (χ1v) is 12.1. The lowest BCUT2D eigenvalue weighted by Crippen LogP contribution is -2.42. The molecule has 3 aromatic rings. The maximum Gasteiger partial charge on any atom is 0.241 e. The predicted molar refractivity (Wildman–Crippen MR) is 126 cm³/mol. The number of rotatable bonds is 7. The van der Waals surface area contributed by atoms with Gasteiger partial charge in [0, 0.05) is 5.02 Å². The second kappa shape index (κ2) is 9.73. The average Bonchev–Trinajstić information content (AvgIpc) is 2.73. The van der Waals surface area contributed by atoms with Crippen LogP contribution in [0.3, 0.4) is 0 Å². The Hall–Kier alpha value is -2.54. The summed E-state index contributed by atoms with van der Waals surface area (Å²) in [7, 11) is -3.79. The van der Waals surface area contributed by atoms with E-state index in [9.17, 15) is 13.2 Å². The quantitative estimate of drug-likeness (QED) is 0.523. The van der Waals surface area contributed by atoms with Gasteiger partial charge in [-0.3, -0.25) is 9.10 Å². The van der Waals surface area contributed by atoms with Crippen LogP contribution in [-0.2, 0) is 14.8 Å². The number of nitrogens with one attached hydrogen (secondary N) is 1. The van der Waals surface area contributed by atoms with E-state index in [0.717, 1.165) is 27.3 Å². The Kier molecular flexibility index (Phi) is 7.26.